The topological polar surface area (TPSA) is 75.5 Å². The lowest BCUT2D eigenvalue weighted by Crippen LogP contribution is -2.31. The van der Waals surface area contributed by atoms with Crippen molar-refractivity contribution in [1.29, 1.82) is 5.26 Å². The molecule has 126 valence electrons. The molecule has 1 atom stereocenters. The van der Waals surface area contributed by atoms with Gasteiger partial charge in [-0.15, -0.1) is 11.3 Å². The molecule has 6 nitrogen and oxygen atoms in total. The second-order valence-corrected chi connectivity index (χ2v) is 6.75. The van der Waals surface area contributed by atoms with Crippen molar-refractivity contribution in [1.82, 2.24) is 4.98 Å². The Morgan fingerprint density at radius 1 is 1.50 bits per heavy atom. The second kappa shape index (κ2) is 7.71. The van der Waals surface area contributed by atoms with Crippen LogP contribution < -0.4 is 4.90 Å². The molecule has 0 aliphatic carbocycles. The molecule has 1 unspecified atom stereocenters. The average Bonchev–Trinajstić information content (AvgIpc) is 3.15. The summed E-state index contributed by atoms with van der Waals surface area (Å²) in [5, 5.41) is 9.64. The molecular weight excluding hydrogens is 326 g/mol. The lowest BCUT2D eigenvalue weighted by Gasteiger charge is -2.14. The Bertz CT molecular complexity index is 768. The van der Waals surface area contributed by atoms with Gasteiger partial charge in [0, 0.05) is 19.2 Å². The molecular formula is C17H19N3O3S. The summed E-state index contributed by atoms with van der Waals surface area (Å²) < 4.78 is 11.5. The molecule has 1 aromatic heterocycles. The predicted molar refractivity (Wildman–Crippen MR) is 91.9 cm³/mol. The van der Waals surface area contributed by atoms with Gasteiger partial charge in [0.25, 0.3) is 5.91 Å². The van der Waals surface area contributed by atoms with E-state index in [0.29, 0.717) is 6.42 Å². The van der Waals surface area contributed by atoms with Crippen LogP contribution in [-0.4, -0.2) is 37.4 Å². The molecule has 1 amide bonds. The number of unbranched alkanes of at least 4 members (excludes halogenated alkanes) is 2. The highest BCUT2D eigenvalue weighted by Gasteiger charge is 2.33. The molecule has 1 aliphatic rings. The van der Waals surface area contributed by atoms with Gasteiger partial charge in [-0.25, -0.2) is 4.98 Å². The number of carbonyl (C=O) groups is 1. The third-order valence-corrected chi connectivity index (χ3v) is 5.00. The van der Waals surface area contributed by atoms with Gasteiger partial charge in [0.15, 0.2) is 6.10 Å². The summed E-state index contributed by atoms with van der Waals surface area (Å²) in [5.74, 6) is -0.0718. The Kier molecular flexibility index (Phi) is 5.41. The second-order valence-electron chi connectivity index (χ2n) is 5.63. The average molecular weight is 345 g/mol. The van der Waals surface area contributed by atoms with Gasteiger partial charge in [-0.1, -0.05) is 0 Å². The van der Waals surface area contributed by atoms with Crippen LogP contribution in [0.3, 0.4) is 0 Å². The highest BCUT2D eigenvalue weighted by Crippen LogP contribution is 2.29. The lowest BCUT2D eigenvalue weighted by atomic mass is 10.2. The van der Waals surface area contributed by atoms with Crippen LogP contribution in [0.2, 0.25) is 0 Å². The third-order valence-electron chi connectivity index (χ3n) is 3.92. The van der Waals surface area contributed by atoms with Crippen LogP contribution in [0, 0.1) is 11.3 Å². The number of aromatic nitrogens is 1. The number of nitriles is 1. The molecule has 2 aromatic rings. The number of hydrogen-bond acceptors (Lipinski definition) is 6. The van der Waals surface area contributed by atoms with E-state index in [2.05, 4.69) is 11.1 Å². The first-order valence-electron chi connectivity index (χ1n) is 7.91. The highest BCUT2D eigenvalue weighted by molar-refractivity contribution is 7.18. The van der Waals surface area contributed by atoms with E-state index in [9.17, 15) is 4.79 Å². The number of aryl methyl sites for hydroxylation is 1. The van der Waals surface area contributed by atoms with Crippen molar-refractivity contribution in [3.8, 4) is 6.07 Å². The number of rotatable bonds is 7. The maximum atomic E-state index is 12.3. The summed E-state index contributed by atoms with van der Waals surface area (Å²) in [6.45, 7) is 0.517. The van der Waals surface area contributed by atoms with Gasteiger partial charge >= 0.3 is 0 Å². The van der Waals surface area contributed by atoms with Crippen LogP contribution in [0.1, 0.15) is 24.3 Å². The Hall–Kier alpha value is -2.01. The molecule has 1 fully saturated rings. The molecule has 0 N–H and O–H groups in total. The van der Waals surface area contributed by atoms with Crippen molar-refractivity contribution in [2.24, 2.45) is 0 Å². The molecule has 3 rings (SSSR count). The molecule has 0 spiro atoms. The minimum absolute atomic E-state index is 0.0718. The molecule has 0 radical (unpaired) electrons. The standard InChI is InChI=1S/C17H19N3O3S/c1-22-10-14-17(21)20(11-23-14)12-6-7-13-15(9-12)24-16(19-13)5-3-2-4-8-18/h6-7,9,14H,2-5,10-11H2,1H3. The van der Waals surface area contributed by atoms with E-state index in [1.54, 1.807) is 23.3 Å². The molecule has 1 aliphatic heterocycles. The van der Waals surface area contributed by atoms with Gasteiger partial charge in [-0.05, 0) is 37.5 Å². The number of amides is 1. The zero-order valence-corrected chi connectivity index (χ0v) is 14.3. The van der Waals surface area contributed by atoms with Crippen LogP contribution in [0.4, 0.5) is 5.69 Å². The molecule has 1 saturated heterocycles. The van der Waals surface area contributed by atoms with E-state index in [1.165, 1.54) is 0 Å². The van der Waals surface area contributed by atoms with Crippen molar-refractivity contribution in [2.45, 2.75) is 31.8 Å². The zero-order valence-electron chi connectivity index (χ0n) is 13.5. The van der Waals surface area contributed by atoms with E-state index < -0.39 is 6.10 Å². The Balaban J connectivity index is 1.72. The van der Waals surface area contributed by atoms with E-state index in [0.717, 1.165) is 40.2 Å². The summed E-state index contributed by atoms with van der Waals surface area (Å²) in [6.07, 6.45) is 2.82. The monoisotopic (exact) mass is 345 g/mol. The summed E-state index contributed by atoms with van der Waals surface area (Å²) in [4.78, 5) is 18.6. The van der Waals surface area contributed by atoms with Crippen molar-refractivity contribution < 1.29 is 14.3 Å². The number of ether oxygens (including phenoxy) is 2. The number of fused-ring (bicyclic) bond motifs is 1. The fraction of sp³-hybridized carbons (Fsp3) is 0.471. The minimum atomic E-state index is -0.525. The molecule has 1 aromatic carbocycles. The summed E-state index contributed by atoms with van der Waals surface area (Å²) in [6, 6.07) is 7.99. The normalized spacial score (nSPS) is 17.6. The number of anilines is 1. The van der Waals surface area contributed by atoms with E-state index in [1.807, 2.05) is 18.2 Å². The zero-order chi connectivity index (χ0) is 16.9. The summed E-state index contributed by atoms with van der Waals surface area (Å²) in [5.41, 5.74) is 1.77. The Labute approximate surface area is 144 Å². The van der Waals surface area contributed by atoms with E-state index in [4.69, 9.17) is 14.7 Å². The van der Waals surface area contributed by atoms with Crippen molar-refractivity contribution >= 4 is 33.1 Å². The van der Waals surface area contributed by atoms with Gasteiger partial charge in [-0.2, -0.15) is 5.26 Å². The number of carbonyl (C=O) groups excluding carboxylic acids is 1. The molecule has 0 saturated carbocycles. The number of methoxy groups -OCH3 is 1. The fourth-order valence-electron chi connectivity index (χ4n) is 2.66. The van der Waals surface area contributed by atoms with Crippen LogP contribution >= 0.6 is 11.3 Å². The number of thiazole rings is 1. The van der Waals surface area contributed by atoms with Crippen LogP contribution in [-0.2, 0) is 20.7 Å². The number of nitrogens with zero attached hydrogens (tertiary/aromatic N) is 3. The first-order chi connectivity index (χ1) is 11.7. The van der Waals surface area contributed by atoms with Crippen molar-refractivity contribution in [3.63, 3.8) is 0 Å². The largest absolute Gasteiger partial charge is 0.381 e. The van der Waals surface area contributed by atoms with Gasteiger partial charge in [0.1, 0.15) is 6.73 Å². The predicted octanol–water partition coefficient (Wildman–Crippen LogP) is 2.87. The minimum Gasteiger partial charge on any atom is -0.381 e. The molecule has 7 heteroatoms. The summed E-state index contributed by atoms with van der Waals surface area (Å²) in [7, 11) is 1.56. The first kappa shape index (κ1) is 16.8. The molecule has 0 bridgehead atoms. The smallest absolute Gasteiger partial charge is 0.260 e. The van der Waals surface area contributed by atoms with Gasteiger partial charge in [0.05, 0.1) is 27.9 Å². The van der Waals surface area contributed by atoms with Crippen LogP contribution in [0.15, 0.2) is 18.2 Å². The van der Waals surface area contributed by atoms with Crippen molar-refractivity contribution in [3.05, 3.63) is 23.2 Å². The Morgan fingerprint density at radius 2 is 2.38 bits per heavy atom. The molecule has 2 heterocycles. The van der Waals surface area contributed by atoms with Crippen molar-refractivity contribution in [2.75, 3.05) is 25.3 Å². The number of benzene rings is 1. The van der Waals surface area contributed by atoms with Crippen LogP contribution in [0.25, 0.3) is 10.2 Å². The van der Waals surface area contributed by atoms with Gasteiger partial charge < -0.3 is 9.47 Å². The van der Waals surface area contributed by atoms with Gasteiger partial charge in [0.2, 0.25) is 0 Å². The van der Waals surface area contributed by atoms with E-state index >= 15 is 0 Å². The highest BCUT2D eigenvalue weighted by atomic mass is 32.1. The number of hydrogen-bond donors (Lipinski definition) is 0. The quantitative estimate of drug-likeness (QED) is 0.721. The maximum absolute atomic E-state index is 12.3. The van der Waals surface area contributed by atoms with E-state index in [-0.39, 0.29) is 19.2 Å². The summed E-state index contributed by atoms with van der Waals surface area (Å²) >= 11 is 1.64. The van der Waals surface area contributed by atoms with Gasteiger partial charge in [-0.3, -0.25) is 9.69 Å². The maximum Gasteiger partial charge on any atom is 0.260 e. The Morgan fingerprint density at radius 3 is 3.17 bits per heavy atom. The lowest BCUT2D eigenvalue weighted by molar-refractivity contribution is -0.124. The fourth-order valence-corrected chi connectivity index (χ4v) is 3.70. The molecule has 24 heavy (non-hydrogen) atoms. The third kappa shape index (κ3) is 3.56. The first-order valence-corrected chi connectivity index (χ1v) is 8.73. The SMILES string of the molecule is COCC1OCN(c2ccc3nc(CCCCC#N)sc3c2)C1=O. The van der Waals surface area contributed by atoms with Crippen LogP contribution in [0.5, 0.6) is 0 Å².